The Morgan fingerprint density at radius 2 is 1.73 bits per heavy atom. The summed E-state index contributed by atoms with van der Waals surface area (Å²) in [6.45, 7) is 8.30. The number of hydrogen-bond acceptors (Lipinski definition) is 7. The first kappa shape index (κ1) is 34.4. The van der Waals surface area contributed by atoms with Gasteiger partial charge in [0.25, 0.3) is 5.91 Å². The highest BCUT2D eigenvalue weighted by atomic mass is 35.5. The summed E-state index contributed by atoms with van der Waals surface area (Å²) in [5.41, 5.74) is 2.94. The molecule has 1 saturated carbocycles. The van der Waals surface area contributed by atoms with Crippen molar-refractivity contribution in [2.75, 3.05) is 39.8 Å². The highest BCUT2D eigenvalue weighted by Crippen LogP contribution is 2.47. The Balaban J connectivity index is 1.16. The van der Waals surface area contributed by atoms with Gasteiger partial charge in [0.15, 0.2) is 6.29 Å². The molecule has 2 aliphatic carbocycles. The van der Waals surface area contributed by atoms with Crippen LogP contribution in [0.15, 0.2) is 42.5 Å². The van der Waals surface area contributed by atoms with Gasteiger partial charge in [0, 0.05) is 48.1 Å². The van der Waals surface area contributed by atoms with Crippen molar-refractivity contribution in [3.05, 3.63) is 64.2 Å². The molecule has 2 saturated heterocycles. The molecule has 6 aliphatic rings. The molecule has 9 atom stereocenters. The van der Waals surface area contributed by atoms with Gasteiger partial charge in [0.05, 0.1) is 11.9 Å². The molecule has 8 rings (SSSR count). The molecule has 2 N–H and O–H groups in total. The smallest absolute Gasteiger partial charge is 0.262 e. The zero-order chi connectivity index (χ0) is 33.4. The van der Waals surface area contributed by atoms with Crippen molar-refractivity contribution in [3.63, 3.8) is 0 Å². The lowest BCUT2D eigenvalue weighted by atomic mass is 9.65. The van der Waals surface area contributed by atoms with Gasteiger partial charge >= 0.3 is 0 Å². The van der Waals surface area contributed by atoms with Gasteiger partial charge in [-0.15, -0.1) is 0 Å². The van der Waals surface area contributed by atoms with Crippen LogP contribution in [0.25, 0.3) is 0 Å². The molecule has 3 fully saturated rings. The third kappa shape index (κ3) is 7.24. The van der Waals surface area contributed by atoms with E-state index in [2.05, 4.69) is 41.0 Å². The van der Waals surface area contributed by atoms with E-state index in [0.717, 1.165) is 75.5 Å². The van der Waals surface area contributed by atoms with Gasteiger partial charge in [0.1, 0.15) is 28.9 Å². The Labute approximate surface area is 293 Å². The summed E-state index contributed by atoms with van der Waals surface area (Å²) in [6, 6.07) is 13.6. The lowest BCUT2D eigenvalue weighted by molar-refractivity contribution is -0.144. The summed E-state index contributed by atoms with van der Waals surface area (Å²) >= 11 is 6.48. The molecule has 0 radical (unpaired) electrons. The van der Waals surface area contributed by atoms with Crippen molar-refractivity contribution in [1.82, 2.24) is 14.9 Å². The van der Waals surface area contributed by atoms with Gasteiger partial charge in [-0.2, -0.15) is 0 Å². The number of aryl methyl sites for hydroxylation is 1. The molecule has 1 amide bonds. The van der Waals surface area contributed by atoms with Crippen molar-refractivity contribution < 1.29 is 23.2 Å². The molecule has 4 aliphatic heterocycles. The van der Waals surface area contributed by atoms with Crippen molar-refractivity contribution in [2.24, 2.45) is 23.7 Å². The molecular formula is C38H52ClN3O5S. The predicted molar refractivity (Wildman–Crippen MR) is 190 cm³/mol. The third-order valence-electron chi connectivity index (χ3n) is 12.1. The number of benzene rings is 2. The molecule has 48 heavy (non-hydrogen) atoms. The molecule has 1 spiro atoms. The number of halogens is 1. The largest absolute Gasteiger partial charge is 0.493 e. The van der Waals surface area contributed by atoms with Crippen LogP contribution in [-0.4, -0.2) is 78.6 Å². The average Bonchev–Trinajstić information content (AvgIpc) is 3.68. The Morgan fingerprint density at radius 3 is 2.46 bits per heavy atom. The fourth-order valence-electron chi connectivity index (χ4n) is 9.09. The van der Waals surface area contributed by atoms with E-state index in [0.29, 0.717) is 29.9 Å². The molecule has 8 nitrogen and oxygen atoms in total. The summed E-state index contributed by atoms with van der Waals surface area (Å²) in [6.07, 6.45) is 8.66. The maximum absolute atomic E-state index is 13.3. The summed E-state index contributed by atoms with van der Waals surface area (Å²) in [5.74, 6) is 2.05. The highest BCUT2D eigenvalue weighted by molar-refractivity contribution is 7.84. The normalized spacial score (nSPS) is 38.2. The molecule has 2 bridgehead atoms. The second-order valence-corrected chi connectivity index (χ2v) is 17.3. The Morgan fingerprint density at radius 1 is 0.958 bits per heavy atom. The first-order chi connectivity index (χ1) is 23.2. The van der Waals surface area contributed by atoms with Crippen LogP contribution >= 0.6 is 11.6 Å². The standard InChI is InChI=1S/C38H52ClN3O5S/c1-24-6-4-8-32(37-46-34-19-40-20-35(34)47-37)31-15-11-28(31)21-42(3)22-38(17-5-7-27-18-29(39)12-16-33(27)38)23-45-30-13-9-26(10-14-30)36(43)41-48(44)25(24)2/h9-10,12-14,16,18,24-25,28,31-32,34-35,37,40H,4-8,11,15,17,19-23H2,1-3H3,(H,41,43)/t24?,25?,28?,31?,32?,34?,35?,37?,38-,48?/m0/s1. The van der Waals surface area contributed by atoms with Crippen molar-refractivity contribution >= 4 is 28.5 Å². The molecule has 262 valence electrons. The lowest BCUT2D eigenvalue weighted by Gasteiger charge is -2.47. The molecule has 2 aromatic rings. The predicted octanol–water partition coefficient (Wildman–Crippen LogP) is 5.88. The number of rotatable bonds is 1. The number of likely N-dealkylation sites (N-methyl/N-ethyl adjacent to an activating group) is 1. The van der Waals surface area contributed by atoms with E-state index in [-0.39, 0.29) is 41.0 Å². The van der Waals surface area contributed by atoms with Crippen LogP contribution in [0.3, 0.4) is 0 Å². The number of carbonyl (C=O) groups is 1. The summed E-state index contributed by atoms with van der Waals surface area (Å²) < 4.78 is 35.8. The van der Waals surface area contributed by atoms with E-state index in [1.165, 1.54) is 24.0 Å². The van der Waals surface area contributed by atoms with Gasteiger partial charge in [-0.25, -0.2) is 4.21 Å². The maximum atomic E-state index is 13.3. The SMILES string of the molecule is CC1CCCC(C2OC3CNCC3O2)C2CCC2CN(C)C[C@@]2(CCCc3cc(Cl)ccc32)COc2ccc(cc2)C(=O)NS(=O)C1C. The minimum Gasteiger partial charge on any atom is -0.493 e. The summed E-state index contributed by atoms with van der Waals surface area (Å²) in [5, 5.41) is 4.03. The highest BCUT2D eigenvalue weighted by Gasteiger charge is 2.48. The number of hydrogen-bond donors (Lipinski definition) is 2. The minimum atomic E-state index is -1.49. The van der Waals surface area contributed by atoms with Crippen molar-refractivity contribution in [3.8, 4) is 5.75 Å². The van der Waals surface area contributed by atoms with E-state index in [4.69, 9.17) is 25.8 Å². The van der Waals surface area contributed by atoms with E-state index in [9.17, 15) is 9.00 Å². The van der Waals surface area contributed by atoms with Crippen LogP contribution in [0, 0.1) is 23.7 Å². The zero-order valence-corrected chi connectivity index (χ0v) is 30.2. The monoisotopic (exact) mass is 697 g/mol. The molecule has 2 aromatic carbocycles. The number of fused-ring (bicyclic) bond motifs is 15. The van der Waals surface area contributed by atoms with Gasteiger partial charge in [-0.1, -0.05) is 31.0 Å². The maximum Gasteiger partial charge on any atom is 0.262 e. The van der Waals surface area contributed by atoms with Crippen LogP contribution in [0.1, 0.15) is 80.3 Å². The van der Waals surface area contributed by atoms with E-state index >= 15 is 0 Å². The number of amides is 1. The van der Waals surface area contributed by atoms with Crippen LogP contribution in [0.4, 0.5) is 0 Å². The molecular weight excluding hydrogens is 646 g/mol. The van der Waals surface area contributed by atoms with Crippen LogP contribution < -0.4 is 14.8 Å². The fraction of sp³-hybridized carbons (Fsp3) is 0.658. The average molecular weight is 698 g/mol. The number of carbonyl (C=O) groups excluding carboxylic acids is 1. The van der Waals surface area contributed by atoms with Crippen LogP contribution in [0.5, 0.6) is 5.75 Å². The Kier molecular flexibility index (Phi) is 10.5. The molecule has 4 heterocycles. The molecule has 10 heteroatoms. The first-order valence-corrected chi connectivity index (χ1v) is 19.7. The molecule has 0 aromatic heterocycles. The Bertz CT molecular complexity index is 1460. The number of nitrogens with one attached hydrogen (secondary N) is 2. The zero-order valence-electron chi connectivity index (χ0n) is 28.6. The van der Waals surface area contributed by atoms with E-state index in [1.807, 2.05) is 25.1 Å². The fourth-order valence-corrected chi connectivity index (χ4v) is 10.3. The second-order valence-electron chi connectivity index (χ2n) is 15.3. The van der Waals surface area contributed by atoms with Gasteiger partial charge in [0.2, 0.25) is 0 Å². The number of nitrogens with zero attached hydrogens (tertiary/aromatic N) is 1. The van der Waals surface area contributed by atoms with Crippen LogP contribution in [0.2, 0.25) is 5.02 Å². The quantitative estimate of drug-likeness (QED) is 0.385. The van der Waals surface area contributed by atoms with Gasteiger partial charge < -0.3 is 24.4 Å². The van der Waals surface area contributed by atoms with Crippen molar-refractivity contribution in [2.45, 2.75) is 94.4 Å². The second kappa shape index (κ2) is 14.7. The van der Waals surface area contributed by atoms with E-state index in [1.54, 1.807) is 12.1 Å². The van der Waals surface area contributed by atoms with Crippen molar-refractivity contribution in [1.29, 1.82) is 0 Å². The lowest BCUT2D eigenvalue weighted by Crippen LogP contribution is -2.49. The summed E-state index contributed by atoms with van der Waals surface area (Å²) in [4.78, 5) is 15.6. The molecule has 8 unspecified atom stereocenters. The summed E-state index contributed by atoms with van der Waals surface area (Å²) in [7, 11) is 0.789. The third-order valence-corrected chi connectivity index (χ3v) is 13.9. The number of ether oxygens (including phenoxy) is 3. The van der Waals surface area contributed by atoms with Crippen LogP contribution in [-0.2, 0) is 32.3 Å². The minimum absolute atomic E-state index is 0.140. The van der Waals surface area contributed by atoms with Gasteiger partial charge in [-0.05, 0) is 124 Å². The van der Waals surface area contributed by atoms with Gasteiger partial charge in [-0.3, -0.25) is 9.52 Å². The Hall–Kier alpha value is -2.01. The topological polar surface area (TPSA) is 89.1 Å². The first-order valence-electron chi connectivity index (χ1n) is 18.1. The van der Waals surface area contributed by atoms with E-state index < -0.39 is 11.0 Å².